The lowest BCUT2D eigenvalue weighted by Gasteiger charge is -2.33. The first-order chi connectivity index (χ1) is 17.9. The van der Waals surface area contributed by atoms with Gasteiger partial charge in [0.15, 0.2) is 0 Å². The standard InChI is InChI=1S/C34H60N2/c1-3-5-7-9-11-12-13-14-15-16-17-19-21-26-30-36-32-31-35(29-25-20-18-10-8-6-4-2)34(36)33-27-23-22-24-28-33/h22-24,27-28,31-32,34H,3-21,25-26,29-30H2,1-2H3. The molecule has 2 nitrogen and oxygen atoms in total. The molecule has 1 aliphatic rings. The Balaban J connectivity index is 1.56. The van der Waals surface area contributed by atoms with Crippen LogP contribution in [0, 0.1) is 0 Å². The maximum Gasteiger partial charge on any atom is 0.127 e. The first-order valence-corrected chi connectivity index (χ1v) is 16.1. The van der Waals surface area contributed by atoms with Crippen LogP contribution < -0.4 is 0 Å². The fraction of sp³-hybridized carbons (Fsp3) is 0.765. The van der Waals surface area contributed by atoms with E-state index < -0.39 is 0 Å². The van der Waals surface area contributed by atoms with Gasteiger partial charge in [0.25, 0.3) is 0 Å². The van der Waals surface area contributed by atoms with E-state index in [-0.39, 0.29) is 0 Å². The van der Waals surface area contributed by atoms with Crippen molar-refractivity contribution in [2.45, 2.75) is 155 Å². The van der Waals surface area contributed by atoms with Crippen molar-refractivity contribution in [2.75, 3.05) is 13.1 Å². The molecular formula is C34H60N2. The summed E-state index contributed by atoms with van der Waals surface area (Å²) in [7, 11) is 0. The quantitative estimate of drug-likeness (QED) is 0.131. The molecule has 0 N–H and O–H groups in total. The van der Waals surface area contributed by atoms with E-state index in [2.05, 4.69) is 66.4 Å². The molecule has 0 saturated heterocycles. The topological polar surface area (TPSA) is 6.48 Å². The molecule has 0 aromatic heterocycles. The Morgan fingerprint density at radius 3 is 1.14 bits per heavy atom. The maximum absolute atomic E-state index is 2.59. The van der Waals surface area contributed by atoms with E-state index in [0.717, 1.165) is 0 Å². The summed E-state index contributed by atoms with van der Waals surface area (Å²) < 4.78 is 0. The van der Waals surface area contributed by atoms with Crippen molar-refractivity contribution in [3.05, 3.63) is 48.3 Å². The molecule has 1 unspecified atom stereocenters. The average molecular weight is 497 g/mol. The van der Waals surface area contributed by atoms with Gasteiger partial charge in [0.05, 0.1) is 0 Å². The zero-order chi connectivity index (χ0) is 25.5. The lowest BCUT2D eigenvalue weighted by molar-refractivity contribution is 0.149. The molecule has 0 aliphatic carbocycles. The number of unbranched alkanes of at least 4 members (excludes halogenated alkanes) is 19. The Bertz CT molecular complexity index is 625. The van der Waals surface area contributed by atoms with Crippen molar-refractivity contribution >= 4 is 0 Å². The van der Waals surface area contributed by atoms with Crippen molar-refractivity contribution in [3.8, 4) is 0 Å². The molecule has 2 rings (SSSR count). The molecule has 0 spiro atoms. The van der Waals surface area contributed by atoms with Gasteiger partial charge in [0.1, 0.15) is 6.17 Å². The molecule has 2 heteroatoms. The van der Waals surface area contributed by atoms with Crippen molar-refractivity contribution in [3.63, 3.8) is 0 Å². The van der Waals surface area contributed by atoms with Gasteiger partial charge < -0.3 is 9.80 Å². The van der Waals surface area contributed by atoms with Crippen LogP contribution in [-0.2, 0) is 0 Å². The minimum absolute atomic E-state index is 0.397. The molecule has 1 aromatic carbocycles. The van der Waals surface area contributed by atoms with Crippen LogP contribution in [0.5, 0.6) is 0 Å². The first-order valence-electron chi connectivity index (χ1n) is 16.1. The summed E-state index contributed by atoms with van der Waals surface area (Å²) in [4.78, 5) is 5.18. The van der Waals surface area contributed by atoms with Crippen LogP contribution in [0.15, 0.2) is 42.7 Å². The molecule has 0 radical (unpaired) electrons. The molecule has 0 bridgehead atoms. The van der Waals surface area contributed by atoms with E-state index in [1.165, 1.54) is 153 Å². The molecule has 1 aromatic rings. The highest BCUT2D eigenvalue weighted by Gasteiger charge is 2.26. The van der Waals surface area contributed by atoms with Crippen molar-refractivity contribution in [1.82, 2.24) is 9.80 Å². The highest BCUT2D eigenvalue weighted by atomic mass is 15.4. The molecule has 0 fully saturated rings. The van der Waals surface area contributed by atoms with Crippen LogP contribution in [0.25, 0.3) is 0 Å². The second kappa shape index (κ2) is 21.6. The Kier molecular flexibility index (Phi) is 18.5. The van der Waals surface area contributed by atoms with E-state index in [1.807, 2.05) is 0 Å². The van der Waals surface area contributed by atoms with Crippen molar-refractivity contribution in [2.24, 2.45) is 0 Å². The van der Waals surface area contributed by atoms with Gasteiger partial charge in [0, 0.05) is 25.5 Å². The van der Waals surface area contributed by atoms with E-state index in [1.54, 1.807) is 0 Å². The smallest absolute Gasteiger partial charge is 0.127 e. The van der Waals surface area contributed by atoms with Crippen LogP contribution in [0.3, 0.4) is 0 Å². The molecule has 36 heavy (non-hydrogen) atoms. The van der Waals surface area contributed by atoms with Gasteiger partial charge in [-0.15, -0.1) is 0 Å². The summed E-state index contributed by atoms with van der Waals surface area (Å²) in [6.45, 7) is 6.96. The Morgan fingerprint density at radius 1 is 0.444 bits per heavy atom. The molecule has 0 amide bonds. The van der Waals surface area contributed by atoms with Gasteiger partial charge in [0.2, 0.25) is 0 Å². The minimum atomic E-state index is 0.397. The van der Waals surface area contributed by atoms with E-state index >= 15 is 0 Å². The molecule has 206 valence electrons. The van der Waals surface area contributed by atoms with Crippen LogP contribution >= 0.6 is 0 Å². The summed E-state index contributed by atoms with van der Waals surface area (Å²) in [6, 6.07) is 11.2. The summed E-state index contributed by atoms with van der Waals surface area (Å²) in [5.74, 6) is 0. The third kappa shape index (κ3) is 13.8. The molecule has 1 aliphatic heterocycles. The van der Waals surface area contributed by atoms with Gasteiger partial charge in [-0.05, 0) is 18.4 Å². The fourth-order valence-corrected chi connectivity index (χ4v) is 5.67. The minimum Gasteiger partial charge on any atom is -0.352 e. The summed E-state index contributed by atoms with van der Waals surface area (Å²) in [5, 5.41) is 0. The van der Waals surface area contributed by atoms with Gasteiger partial charge in [-0.3, -0.25) is 0 Å². The van der Waals surface area contributed by atoms with Gasteiger partial charge >= 0.3 is 0 Å². The number of rotatable bonds is 24. The average Bonchev–Trinajstić information content (AvgIpc) is 3.31. The normalized spacial score (nSPS) is 15.3. The third-order valence-electron chi connectivity index (χ3n) is 7.97. The Hall–Kier alpha value is -1.44. The zero-order valence-corrected chi connectivity index (χ0v) is 24.3. The zero-order valence-electron chi connectivity index (χ0n) is 24.3. The highest BCUT2D eigenvalue weighted by Crippen LogP contribution is 2.31. The largest absolute Gasteiger partial charge is 0.352 e. The van der Waals surface area contributed by atoms with Gasteiger partial charge in [-0.25, -0.2) is 0 Å². The number of benzene rings is 1. The predicted octanol–water partition coefficient (Wildman–Crippen LogP) is 11.0. The van der Waals surface area contributed by atoms with E-state index in [0.29, 0.717) is 6.17 Å². The third-order valence-corrected chi connectivity index (χ3v) is 7.97. The van der Waals surface area contributed by atoms with Gasteiger partial charge in [-0.2, -0.15) is 0 Å². The monoisotopic (exact) mass is 496 g/mol. The molecule has 0 saturated carbocycles. The maximum atomic E-state index is 2.59. The summed E-state index contributed by atoms with van der Waals surface area (Å²) in [6.07, 6.45) is 34.7. The Labute approximate surface area is 225 Å². The van der Waals surface area contributed by atoms with E-state index in [4.69, 9.17) is 0 Å². The predicted molar refractivity (Wildman–Crippen MR) is 160 cm³/mol. The van der Waals surface area contributed by atoms with Crippen molar-refractivity contribution < 1.29 is 0 Å². The molecule has 1 heterocycles. The second-order valence-corrected chi connectivity index (χ2v) is 11.3. The second-order valence-electron chi connectivity index (χ2n) is 11.3. The lowest BCUT2D eigenvalue weighted by atomic mass is 10.0. The lowest BCUT2D eigenvalue weighted by Crippen LogP contribution is -2.32. The number of hydrogen-bond donors (Lipinski definition) is 0. The van der Waals surface area contributed by atoms with Gasteiger partial charge in [-0.1, -0.05) is 166 Å². The van der Waals surface area contributed by atoms with Crippen molar-refractivity contribution in [1.29, 1.82) is 0 Å². The van der Waals surface area contributed by atoms with E-state index in [9.17, 15) is 0 Å². The first kappa shape index (κ1) is 30.8. The molecule has 1 atom stereocenters. The Morgan fingerprint density at radius 2 is 0.778 bits per heavy atom. The summed E-state index contributed by atoms with van der Waals surface area (Å²) in [5.41, 5.74) is 1.44. The van der Waals surface area contributed by atoms with Crippen LogP contribution in [0.2, 0.25) is 0 Å². The fourth-order valence-electron chi connectivity index (χ4n) is 5.67. The SMILES string of the molecule is CCCCCCCCCCCCCCCCN1C=CN(CCCCCCCCC)C1c1ccccc1. The number of nitrogens with zero attached hydrogens (tertiary/aromatic N) is 2. The molecular weight excluding hydrogens is 436 g/mol. The van der Waals surface area contributed by atoms with Crippen LogP contribution in [0.4, 0.5) is 0 Å². The van der Waals surface area contributed by atoms with Crippen LogP contribution in [-0.4, -0.2) is 22.9 Å². The number of hydrogen-bond acceptors (Lipinski definition) is 2. The highest BCUT2D eigenvalue weighted by molar-refractivity contribution is 5.21. The summed E-state index contributed by atoms with van der Waals surface area (Å²) >= 11 is 0. The van der Waals surface area contributed by atoms with Crippen LogP contribution in [0.1, 0.15) is 160 Å².